The summed E-state index contributed by atoms with van der Waals surface area (Å²) in [5.41, 5.74) is 2.67. The van der Waals surface area contributed by atoms with Gasteiger partial charge in [0.1, 0.15) is 0 Å². The molecule has 1 atom stereocenters. The van der Waals surface area contributed by atoms with Gasteiger partial charge in [-0.15, -0.1) is 0 Å². The van der Waals surface area contributed by atoms with Crippen LogP contribution >= 0.6 is 0 Å². The molecule has 142 valence electrons. The molecule has 1 aliphatic carbocycles. The number of amides is 1. The number of nitrogens with one attached hydrogen (secondary N) is 1. The van der Waals surface area contributed by atoms with Crippen molar-refractivity contribution in [1.29, 1.82) is 0 Å². The average Bonchev–Trinajstić information content (AvgIpc) is 3.21. The van der Waals surface area contributed by atoms with Crippen LogP contribution in [0.2, 0.25) is 0 Å². The molecule has 4 nitrogen and oxygen atoms in total. The molecule has 1 fully saturated rings. The van der Waals surface area contributed by atoms with E-state index in [2.05, 4.69) is 5.32 Å². The molecule has 1 N–H and O–H groups in total. The predicted molar refractivity (Wildman–Crippen MR) is 107 cm³/mol. The van der Waals surface area contributed by atoms with Crippen molar-refractivity contribution >= 4 is 17.6 Å². The maximum absolute atomic E-state index is 12.5. The van der Waals surface area contributed by atoms with Crippen molar-refractivity contribution in [2.24, 2.45) is 5.92 Å². The van der Waals surface area contributed by atoms with Gasteiger partial charge in [0.25, 0.3) is 5.91 Å². The minimum Gasteiger partial charge on any atom is -0.453 e. The van der Waals surface area contributed by atoms with Crippen molar-refractivity contribution < 1.29 is 14.3 Å². The minimum absolute atomic E-state index is 0.291. The predicted octanol–water partition coefficient (Wildman–Crippen LogP) is 5.19. The Balaban J connectivity index is 1.56. The summed E-state index contributed by atoms with van der Waals surface area (Å²) in [6.07, 6.45) is 5.38. The van der Waals surface area contributed by atoms with Crippen LogP contribution < -0.4 is 5.32 Å². The van der Waals surface area contributed by atoms with E-state index in [1.165, 1.54) is 25.7 Å². The monoisotopic (exact) mass is 365 g/mol. The summed E-state index contributed by atoms with van der Waals surface area (Å²) in [7, 11) is 0. The van der Waals surface area contributed by atoms with E-state index >= 15 is 0 Å². The van der Waals surface area contributed by atoms with E-state index in [1.807, 2.05) is 54.6 Å². The zero-order valence-electron chi connectivity index (χ0n) is 15.8. The molecule has 1 saturated carbocycles. The molecule has 0 saturated heterocycles. The summed E-state index contributed by atoms with van der Waals surface area (Å²) in [5.74, 6) is 0.0351. The lowest BCUT2D eigenvalue weighted by Gasteiger charge is -2.16. The van der Waals surface area contributed by atoms with Crippen LogP contribution in [0, 0.1) is 5.92 Å². The quantitative estimate of drug-likeness (QED) is 0.687. The highest BCUT2D eigenvalue weighted by Gasteiger charge is 2.21. The molecular formula is C23H27NO3. The zero-order valence-corrected chi connectivity index (χ0v) is 15.8. The van der Waals surface area contributed by atoms with Gasteiger partial charge in [0.15, 0.2) is 6.10 Å². The van der Waals surface area contributed by atoms with Crippen molar-refractivity contribution in [3.63, 3.8) is 0 Å². The second-order valence-electron chi connectivity index (χ2n) is 7.22. The van der Waals surface area contributed by atoms with Gasteiger partial charge in [-0.1, -0.05) is 74.2 Å². The first-order valence-electron chi connectivity index (χ1n) is 9.78. The number of esters is 1. The maximum Gasteiger partial charge on any atom is 0.306 e. The van der Waals surface area contributed by atoms with E-state index in [4.69, 9.17) is 4.74 Å². The zero-order chi connectivity index (χ0) is 19.1. The first-order chi connectivity index (χ1) is 13.1. The van der Waals surface area contributed by atoms with Crippen LogP contribution in [0.5, 0.6) is 0 Å². The van der Waals surface area contributed by atoms with Gasteiger partial charge >= 0.3 is 5.97 Å². The second-order valence-corrected chi connectivity index (χ2v) is 7.22. The van der Waals surface area contributed by atoms with E-state index < -0.39 is 6.10 Å². The Bertz CT molecular complexity index is 766. The Morgan fingerprint density at radius 3 is 2.44 bits per heavy atom. The second kappa shape index (κ2) is 9.36. The van der Waals surface area contributed by atoms with E-state index in [0.717, 1.165) is 17.5 Å². The average molecular weight is 365 g/mol. The summed E-state index contributed by atoms with van der Waals surface area (Å²) in [6.45, 7) is 1.62. The molecule has 0 aromatic heterocycles. The van der Waals surface area contributed by atoms with Crippen LogP contribution in [0.4, 0.5) is 5.69 Å². The molecule has 4 heteroatoms. The molecule has 0 heterocycles. The molecule has 0 radical (unpaired) electrons. The number of benzene rings is 2. The summed E-state index contributed by atoms with van der Waals surface area (Å²) >= 11 is 0. The maximum atomic E-state index is 12.5. The Morgan fingerprint density at radius 1 is 1.04 bits per heavy atom. The first kappa shape index (κ1) is 19.2. The largest absolute Gasteiger partial charge is 0.453 e. The van der Waals surface area contributed by atoms with Gasteiger partial charge in [0, 0.05) is 17.7 Å². The van der Waals surface area contributed by atoms with Crippen LogP contribution in [0.25, 0.3) is 11.1 Å². The molecule has 0 spiro atoms. The van der Waals surface area contributed by atoms with Crippen molar-refractivity contribution in [3.8, 4) is 11.1 Å². The van der Waals surface area contributed by atoms with Gasteiger partial charge in [0.2, 0.25) is 0 Å². The third-order valence-corrected chi connectivity index (χ3v) is 5.18. The fourth-order valence-corrected chi connectivity index (χ4v) is 3.63. The van der Waals surface area contributed by atoms with Gasteiger partial charge in [-0.25, -0.2) is 0 Å². The number of hydrogen-bond acceptors (Lipinski definition) is 3. The van der Waals surface area contributed by atoms with Crippen LogP contribution in [-0.2, 0) is 14.3 Å². The lowest BCUT2D eigenvalue weighted by atomic mass is 10.0. The lowest BCUT2D eigenvalue weighted by molar-refractivity contribution is -0.153. The van der Waals surface area contributed by atoms with Crippen LogP contribution in [0.1, 0.15) is 45.4 Å². The molecule has 1 aliphatic rings. The Labute approximate surface area is 160 Å². The van der Waals surface area contributed by atoms with E-state index in [1.54, 1.807) is 6.92 Å². The molecule has 1 amide bonds. The number of ether oxygens (including phenoxy) is 1. The number of rotatable bonds is 7. The number of hydrogen-bond donors (Lipinski definition) is 1. The summed E-state index contributed by atoms with van der Waals surface area (Å²) < 4.78 is 5.34. The number of para-hydroxylation sites is 1. The Morgan fingerprint density at radius 2 is 1.70 bits per heavy atom. The van der Waals surface area contributed by atoms with E-state index in [9.17, 15) is 9.59 Å². The summed E-state index contributed by atoms with van der Waals surface area (Å²) in [6, 6.07) is 17.5. The molecule has 2 aromatic carbocycles. The number of carbonyl (C=O) groups excluding carboxylic acids is 2. The molecular weight excluding hydrogens is 338 g/mol. The fourth-order valence-electron chi connectivity index (χ4n) is 3.63. The SMILES string of the molecule is C[C@H](OC(=O)CCC1CCCC1)C(=O)Nc1ccccc1-c1ccccc1. The van der Waals surface area contributed by atoms with Crippen molar-refractivity contribution in [3.05, 3.63) is 54.6 Å². The summed E-state index contributed by atoms with van der Waals surface area (Å²) in [5, 5.41) is 2.90. The molecule has 0 unspecified atom stereocenters. The molecule has 0 aliphatic heterocycles. The molecule has 2 aromatic rings. The van der Waals surface area contributed by atoms with Crippen LogP contribution in [0.3, 0.4) is 0 Å². The van der Waals surface area contributed by atoms with Gasteiger partial charge in [-0.05, 0) is 30.9 Å². The Hall–Kier alpha value is -2.62. The highest BCUT2D eigenvalue weighted by molar-refractivity contribution is 5.98. The topological polar surface area (TPSA) is 55.4 Å². The fraction of sp³-hybridized carbons (Fsp3) is 0.391. The smallest absolute Gasteiger partial charge is 0.306 e. The standard InChI is InChI=1S/C23H27NO3/c1-17(27-22(25)16-15-18-9-5-6-10-18)23(26)24-21-14-8-7-13-20(21)19-11-3-2-4-12-19/h2-4,7-8,11-14,17-18H,5-6,9-10,15-16H2,1H3,(H,24,26)/t17-/m0/s1. The number of anilines is 1. The van der Waals surface area contributed by atoms with Crippen molar-refractivity contribution in [2.75, 3.05) is 5.32 Å². The van der Waals surface area contributed by atoms with Gasteiger partial charge in [-0.2, -0.15) is 0 Å². The van der Waals surface area contributed by atoms with Crippen LogP contribution in [-0.4, -0.2) is 18.0 Å². The molecule has 0 bridgehead atoms. The molecule has 27 heavy (non-hydrogen) atoms. The van der Waals surface area contributed by atoms with Crippen molar-refractivity contribution in [1.82, 2.24) is 0 Å². The van der Waals surface area contributed by atoms with E-state index in [-0.39, 0.29) is 11.9 Å². The number of carbonyl (C=O) groups is 2. The Kier molecular flexibility index (Phi) is 6.64. The lowest BCUT2D eigenvalue weighted by Crippen LogP contribution is -2.30. The van der Waals surface area contributed by atoms with Crippen molar-refractivity contribution in [2.45, 2.75) is 51.6 Å². The third-order valence-electron chi connectivity index (χ3n) is 5.18. The first-order valence-corrected chi connectivity index (χ1v) is 9.78. The summed E-state index contributed by atoms with van der Waals surface area (Å²) in [4.78, 5) is 24.6. The van der Waals surface area contributed by atoms with Gasteiger partial charge in [0.05, 0.1) is 0 Å². The highest BCUT2D eigenvalue weighted by Crippen LogP contribution is 2.29. The third kappa shape index (κ3) is 5.43. The normalized spacial score (nSPS) is 15.3. The van der Waals surface area contributed by atoms with Gasteiger partial charge < -0.3 is 10.1 Å². The molecule has 3 rings (SSSR count). The van der Waals surface area contributed by atoms with Gasteiger partial charge in [-0.3, -0.25) is 9.59 Å². The highest BCUT2D eigenvalue weighted by atomic mass is 16.5. The van der Waals surface area contributed by atoms with Crippen LogP contribution in [0.15, 0.2) is 54.6 Å². The van der Waals surface area contributed by atoms with E-state index in [0.29, 0.717) is 18.0 Å². The minimum atomic E-state index is -0.815.